The average molecular weight is 299 g/mol. The highest BCUT2D eigenvalue weighted by molar-refractivity contribution is 7.92. The van der Waals surface area contributed by atoms with Crippen LogP contribution in [-0.2, 0) is 10.0 Å². The molecule has 0 aliphatic carbocycles. The van der Waals surface area contributed by atoms with Gasteiger partial charge >= 0.3 is 0 Å². The zero-order valence-corrected chi connectivity index (χ0v) is 11.2. The lowest BCUT2D eigenvalue weighted by Crippen LogP contribution is -2.15. The maximum Gasteiger partial charge on any atom is 0.265 e. The van der Waals surface area contributed by atoms with Crippen molar-refractivity contribution in [3.05, 3.63) is 48.3 Å². The van der Waals surface area contributed by atoms with Gasteiger partial charge in [-0.1, -0.05) is 0 Å². The third-order valence-electron chi connectivity index (χ3n) is 2.52. The highest BCUT2D eigenvalue weighted by atomic mass is 32.2. The summed E-state index contributed by atoms with van der Waals surface area (Å²) >= 11 is 0. The third kappa shape index (κ3) is 2.85. The number of aromatic nitrogens is 1. The smallest absolute Gasteiger partial charge is 0.265 e. The summed E-state index contributed by atoms with van der Waals surface area (Å²) in [5.74, 6) is -2.18. The zero-order chi connectivity index (χ0) is 14.8. The first kappa shape index (κ1) is 14.2. The summed E-state index contributed by atoms with van der Waals surface area (Å²) in [6.07, 6.45) is 2.59. The van der Waals surface area contributed by atoms with Crippen molar-refractivity contribution in [3.8, 4) is 0 Å². The summed E-state index contributed by atoms with van der Waals surface area (Å²) in [5.41, 5.74) is 0.268. The number of nitrogens with zero attached hydrogens (tertiary/aromatic N) is 1. The lowest BCUT2D eigenvalue weighted by atomic mass is 10.3. The molecule has 1 aromatic carbocycles. The highest BCUT2D eigenvalue weighted by Crippen LogP contribution is 2.23. The molecular weight excluding hydrogens is 288 g/mol. The van der Waals surface area contributed by atoms with Gasteiger partial charge in [0.1, 0.15) is 4.90 Å². The second-order valence-electron chi connectivity index (χ2n) is 3.86. The summed E-state index contributed by atoms with van der Waals surface area (Å²) in [6.45, 7) is 0. The number of benzene rings is 1. The van der Waals surface area contributed by atoms with Crippen LogP contribution < -0.4 is 10.0 Å². The molecule has 0 saturated heterocycles. The van der Waals surface area contributed by atoms with Crippen molar-refractivity contribution in [3.63, 3.8) is 0 Å². The van der Waals surface area contributed by atoms with Gasteiger partial charge in [0.05, 0.1) is 11.4 Å². The van der Waals surface area contributed by atoms with Gasteiger partial charge in [0, 0.05) is 25.5 Å². The molecule has 0 amide bonds. The van der Waals surface area contributed by atoms with Crippen LogP contribution >= 0.6 is 0 Å². The average Bonchev–Trinajstić information content (AvgIpc) is 2.42. The van der Waals surface area contributed by atoms with Gasteiger partial charge in [-0.3, -0.25) is 9.71 Å². The lowest BCUT2D eigenvalue weighted by molar-refractivity contribution is 0.509. The van der Waals surface area contributed by atoms with Gasteiger partial charge in [0.25, 0.3) is 10.0 Å². The van der Waals surface area contributed by atoms with E-state index in [0.717, 1.165) is 24.4 Å². The molecule has 0 aliphatic heterocycles. The maximum absolute atomic E-state index is 13.1. The second kappa shape index (κ2) is 5.41. The normalized spacial score (nSPS) is 11.2. The van der Waals surface area contributed by atoms with Crippen molar-refractivity contribution >= 4 is 21.4 Å². The molecule has 0 fully saturated rings. The van der Waals surface area contributed by atoms with Gasteiger partial charge in [0.15, 0.2) is 11.6 Å². The summed E-state index contributed by atoms with van der Waals surface area (Å²) in [7, 11) is -2.39. The first-order valence-corrected chi connectivity index (χ1v) is 7.02. The molecule has 0 radical (unpaired) electrons. The highest BCUT2D eigenvalue weighted by Gasteiger charge is 2.19. The summed E-state index contributed by atoms with van der Waals surface area (Å²) in [5, 5.41) is 2.71. The quantitative estimate of drug-likeness (QED) is 0.908. The topological polar surface area (TPSA) is 71.1 Å². The summed E-state index contributed by atoms with van der Waals surface area (Å²) in [6, 6.07) is 4.23. The summed E-state index contributed by atoms with van der Waals surface area (Å²) < 4.78 is 52.4. The van der Waals surface area contributed by atoms with Crippen LogP contribution in [0.25, 0.3) is 0 Å². The van der Waals surface area contributed by atoms with Crippen molar-refractivity contribution in [1.29, 1.82) is 0 Å². The minimum absolute atomic E-state index is 0.0743. The van der Waals surface area contributed by atoms with Crippen LogP contribution in [0.3, 0.4) is 0 Å². The molecule has 0 unspecified atom stereocenters. The standard InChI is InChI=1S/C12H11F2N3O2S/c1-15-11-4-5-16-7-12(11)20(18,19)17-8-2-3-9(13)10(14)6-8/h2-7,17H,1H3,(H,15,16). The Bertz CT molecular complexity index is 735. The third-order valence-corrected chi connectivity index (χ3v) is 3.92. The first-order valence-electron chi connectivity index (χ1n) is 5.53. The summed E-state index contributed by atoms with van der Waals surface area (Å²) in [4.78, 5) is 3.65. The van der Waals surface area contributed by atoms with E-state index in [2.05, 4.69) is 15.0 Å². The Morgan fingerprint density at radius 3 is 2.55 bits per heavy atom. The monoisotopic (exact) mass is 299 g/mol. The van der Waals surface area contributed by atoms with Gasteiger partial charge in [-0.05, 0) is 18.2 Å². The SMILES string of the molecule is CNc1ccncc1S(=O)(=O)Nc1ccc(F)c(F)c1. The van der Waals surface area contributed by atoms with Crippen LogP contribution in [0.1, 0.15) is 0 Å². The molecule has 0 saturated carbocycles. The van der Waals surface area contributed by atoms with Gasteiger partial charge in [-0.15, -0.1) is 0 Å². The molecule has 0 bridgehead atoms. The molecule has 1 heterocycles. The van der Waals surface area contributed by atoms with E-state index in [4.69, 9.17) is 0 Å². The van der Waals surface area contributed by atoms with E-state index in [1.807, 2.05) is 0 Å². The van der Waals surface area contributed by atoms with Gasteiger partial charge in [0.2, 0.25) is 0 Å². The van der Waals surface area contributed by atoms with E-state index in [0.29, 0.717) is 5.69 Å². The number of sulfonamides is 1. The minimum atomic E-state index is -3.95. The molecule has 106 valence electrons. The second-order valence-corrected chi connectivity index (χ2v) is 5.51. The van der Waals surface area contributed by atoms with Crippen LogP contribution in [-0.4, -0.2) is 20.4 Å². The van der Waals surface area contributed by atoms with Crippen LogP contribution in [0.15, 0.2) is 41.6 Å². The fourth-order valence-electron chi connectivity index (χ4n) is 1.57. The predicted octanol–water partition coefficient (Wildman–Crippen LogP) is 2.20. The number of nitrogens with one attached hydrogen (secondary N) is 2. The largest absolute Gasteiger partial charge is 0.387 e. The van der Waals surface area contributed by atoms with Crippen molar-refractivity contribution in [1.82, 2.24) is 4.98 Å². The molecule has 0 aliphatic rings. The minimum Gasteiger partial charge on any atom is -0.387 e. The van der Waals surface area contributed by atoms with Gasteiger partial charge in [-0.25, -0.2) is 17.2 Å². The van der Waals surface area contributed by atoms with Crippen LogP contribution in [0.4, 0.5) is 20.2 Å². The zero-order valence-electron chi connectivity index (χ0n) is 10.4. The van der Waals surface area contributed by atoms with Crippen molar-refractivity contribution in [2.75, 3.05) is 17.1 Å². The van der Waals surface area contributed by atoms with Gasteiger partial charge < -0.3 is 5.32 Å². The van der Waals surface area contributed by atoms with E-state index in [-0.39, 0.29) is 10.6 Å². The van der Waals surface area contributed by atoms with Crippen molar-refractivity contribution < 1.29 is 17.2 Å². The van der Waals surface area contributed by atoms with Crippen LogP contribution in [0.5, 0.6) is 0 Å². The first-order chi connectivity index (χ1) is 9.44. The van der Waals surface area contributed by atoms with E-state index in [1.165, 1.54) is 12.3 Å². The Labute approximate surface area is 114 Å². The van der Waals surface area contributed by atoms with E-state index in [1.54, 1.807) is 7.05 Å². The predicted molar refractivity (Wildman–Crippen MR) is 71.0 cm³/mol. The molecule has 0 spiro atoms. The Kier molecular flexibility index (Phi) is 3.84. The number of halogens is 2. The number of pyridine rings is 1. The molecule has 5 nitrogen and oxygen atoms in total. The van der Waals surface area contributed by atoms with Crippen molar-refractivity contribution in [2.24, 2.45) is 0 Å². The van der Waals surface area contributed by atoms with Crippen molar-refractivity contribution in [2.45, 2.75) is 4.90 Å². The van der Waals surface area contributed by atoms with Gasteiger partial charge in [-0.2, -0.15) is 0 Å². The lowest BCUT2D eigenvalue weighted by Gasteiger charge is -2.11. The van der Waals surface area contributed by atoms with E-state index in [9.17, 15) is 17.2 Å². The molecule has 1 aromatic heterocycles. The Morgan fingerprint density at radius 2 is 1.90 bits per heavy atom. The molecule has 2 N–H and O–H groups in total. The Hall–Kier alpha value is -2.22. The van der Waals surface area contributed by atoms with Crippen LogP contribution in [0.2, 0.25) is 0 Å². The number of rotatable bonds is 4. The Balaban J connectivity index is 2.38. The van der Waals surface area contributed by atoms with E-state index < -0.39 is 21.7 Å². The molecule has 2 aromatic rings. The molecule has 2 rings (SSSR count). The fraction of sp³-hybridized carbons (Fsp3) is 0.0833. The number of anilines is 2. The Morgan fingerprint density at radius 1 is 1.15 bits per heavy atom. The fourth-order valence-corrected chi connectivity index (χ4v) is 2.78. The maximum atomic E-state index is 13.1. The van der Waals surface area contributed by atoms with Crippen LogP contribution in [0, 0.1) is 11.6 Å². The van der Waals surface area contributed by atoms with E-state index >= 15 is 0 Å². The molecule has 8 heteroatoms. The molecular formula is C12H11F2N3O2S. The molecule has 20 heavy (non-hydrogen) atoms. The number of hydrogen-bond acceptors (Lipinski definition) is 4. The number of hydrogen-bond donors (Lipinski definition) is 2. The molecule has 0 atom stereocenters.